The smallest absolute Gasteiger partial charge is 0.406 e. The lowest BCUT2D eigenvalue weighted by molar-refractivity contribution is -0.274. The van der Waals surface area contributed by atoms with E-state index in [1.165, 1.54) is 58.4 Å². The highest BCUT2D eigenvalue weighted by Gasteiger charge is 2.33. The van der Waals surface area contributed by atoms with Crippen LogP contribution in [0.4, 0.5) is 28.0 Å². The Kier molecular flexibility index (Phi) is 8.72. The standard InChI is InChI=1S/C30H26F4N6O3S/c1-17(2)24-14-21(31)8-13-25(24)40-26(41)15-44-29(40)37-28(42)36-18(3)19-4-6-20(7-5-19)27-35-16-39(38-27)22-9-11-23(12-10-22)43-30(32,33)34/h4-14,16-18H,15H2,1-3H3,(H,36,42)/b37-29-. The van der Waals surface area contributed by atoms with Crippen molar-refractivity contribution in [2.45, 2.75) is 39.1 Å². The van der Waals surface area contributed by atoms with Gasteiger partial charge < -0.3 is 10.1 Å². The maximum atomic E-state index is 13.9. The van der Waals surface area contributed by atoms with Gasteiger partial charge in [0.25, 0.3) is 0 Å². The molecule has 2 heterocycles. The summed E-state index contributed by atoms with van der Waals surface area (Å²) in [5.74, 6) is -0.563. The number of nitrogens with one attached hydrogen (secondary N) is 1. The zero-order valence-electron chi connectivity index (χ0n) is 23.7. The topological polar surface area (TPSA) is 102 Å². The van der Waals surface area contributed by atoms with Gasteiger partial charge in [0.2, 0.25) is 5.91 Å². The lowest BCUT2D eigenvalue weighted by atomic mass is 10.0. The Morgan fingerprint density at radius 1 is 1.05 bits per heavy atom. The predicted octanol–water partition coefficient (Wildman–Crippen LogP) is 7.00. The number of halogens is 4. The molecule has 0 spiro atoms. The van der Waals surface area contributed by atoms with Gasteiger partial charge in [-0.2, -0.15) is 4.99 Å². The summed E-state index contributed by atoms with van der Waals surface area (Å²) in [6, 6.07) is 15.5. The lowest BCUT2D eigenvalue weighted by Crippen LogP contribution is -2.32. The summed E-state index contributed by atoms with van der Waals surface area (Å²) < 4.78 is 56.4. The van der Waals surface area contributed by atoms with Crippen LogP contribution in [-0.4, -0.2) is 44.0 Å². The monoisotopic (exact) mass is 626 g/mol. The quantitative estimate of drug-likeness (QED) is 0.222. The van der Waals surface area contributed by atoms with Crippen molar-refractivity contribution in [2.75, 3.05) is 10.7 Å². The minimum Gasteiger partial charge on any atom is -0.406 e. The van der Waals surface area contributed by atoms with Gasteiger partial charge >= 0.3 is 12.4 Å². The van der Waals surface area contributed by atoms with Crippen molar-refractivity contribution in [1.82, 2.24) is 20.1 Å². The Bertz CT molecular complexity index is 1710. The molecule has 228 valence electrons. The summed E-state index contributed by atoms with van der Waals surface area (Å²) in [6.07, 6.45) is -3.34. The first-order valence-corrected chi connectivity index (χ1v) is 14.4. The highest BCUT2D eigenvalue weighted by atomic mass is 32.2. The van der Waals surface area contributed by atoms with E-state index in [1.807, 2.05) is 13.8 Å². The fourth-order valence-electron chi connectivity index (χ4n) is 4.50. The van der Waals surface area contributed by atoms with Crippen molar-refractivity contribution >= 4 is 34.6 Å². The summed E-state index contributed by atoms with van der Waals surface area (Å²) in [7, 11) is 0. The van der Waals surface area contributed by atoms with E-state index in [-0.39, 0.29) is 28.5 Å². The molecule has 9 nitrogen and oxygen atoms in total. The molecule has 1 fully saturated rings. The number of thioether (sulfide) groups is 1. The second-order valence-corrected chi connectivity index (χ2v) is 11.1. The molecular weight excluding hydrogens is 600 g/mol. The molecule has 14 heteroatoms. The molecule has 5 rings (SSSR count). The molecule has 1 aliphatic heterocycles. The van der Waals surface area contributed by atoms with Gasteiger partial charge in [-0.1, -0.05) is 49.9 Å². The SMILES string of the molecule is CC(C)c1cc(F)ccc1N1C(=O)CS/C1=N\C(=O)NC(C)c1ccc(-c2ncn(-c3ccc(OC(F)(F)F)cc3)n2)cc1. The minimum atomic E-state index is -4.78. The van der Waals surface area contributed by atoms with Gasteiger partial charge in [-0.05, 0) is 66.4 Å². The highest BCUT2D eigenvalue weighted by molar-refractivity contribution is 8.15. The molecule has 0 saturated carbocycles. The van der Waals surface area contributed by atoms with Crippen LogP contribution in [0, 0.1) is 5.82 Å². The van der Waals surface area contributed by atoms with Gasteiger partial charge in [0.05, 0.1) is 23.2 Å². The van der Waals surface area contributed by atoms with E-state index < -0.39 is 24.3 Å². The van der Waals surface area contributed by atoms with Crippen LogP contribution in [-0.2, 0) is 4.79 Å². The molecule has 4 aromatic rings. The summed E-state index contributed by atoms with van der Waals surface area (Å²) in [5, 5.41) is 7.42. The number of rotatable bonds is 7. The van der Waals surface area contributed by atoms with Crippen LogP contribution in [0.1, 0.15) is 43.9 Å². The minimum absolute atomic E-state index is 0.0607. The van der Waals surface area contributed by atoms with Gasteiger partial charge in [0.1, 0.15) is 17.9 Å². The van der Waals surface area contributed by atoms with Crippen molar-refractivity contribution in [2.24, 2.45) is 4.99 Å². The van der Waals surface area contributed by atoms with Gasteiger partial charge in [-0.25, -0.2) is 18.9 Å². The van der Waals surface area contributed by atoms with Crippen LogP contribution < -0.4 is 15.0 Å². The van der Waals surface area contributed by atoms with Crippen molar-refractivity contribution in [3.8, 4) is 22.8 Å². The summed E-state index contributed by atoms with van der Waals surface area (Å²) in [6.45, 7) is 5.57. The molecular formula is C30H26F4N6O3S. The van der Waals surface area contributed by atoms with Gasteiger partial charge in [0.15, 0.2) is 11.0 Å². The van der Waals surface area contributed by atoms with E-state index in [0.29, 0.717) is 28.3 Å². The number of hydrogen-bond donors (Lipinski definition) is 1. The number of carbonyl (C=O) groups excluding carboxylic acids is 2. The number of anilines is 1. The Balaban J connectivity index is 1.25. The summed E-state index contributed by atoms with van der Waals surface area (Å²) in [4.78, 5) is 35.3. The molecule has 0 aliphatic carbocycles. The molecule has 44 heavy (non-hydrogen) atoms. The second kappa shape index (κ2) is 12.5. The number of aliphatic imine (C=N–C) groups is 1. The average Bonchev–Trinajstić information content (AvgIpc) is 3.60. The van der Waals surface area contributed by atoms with Gasteiger partial charge in [-0.15, -0.1) is 18.3 Å². The van der Waals surface area contributed by atoms with E-state index in [4.69, 9.17) is 0 Å². The number of amidine groups is 1. The molecule has 1 aromatic heterocycles. The molecule has 3 amide bonds. The lowest BCUT2D eigenvalue weighted by Gasteiger charge is -2.22. The number of carbonyl (C=O) groups is 2. The number of aromatic nitrogens is 3. The number of hydrogen-bond acceptors (Lipinski definition) is 6. The molecule has 0 radical (unpaired) electrons. The van der Waals surface area contributed by atoms with E-state index >= 15 is 0 Å². The zero-order valence-corrected chi connectivity index (χ0v) is 24.5. The fraction of sp³-hybridized carbons (Fsp3) is 0.233. The number of nitrogens with zero attached hydrogens (tertiary/aromatic N) is 5. The number of benzene rings is 3. The van der Waals surface area contributed by atoms with Crippen molar-refractivity contribution < 1.29 is 31.9 Å². The van der Waals surface area contributed by atoms with Crippen LogP contribution in [0.3, 0.4) is 0 Å². The number of amides is 3. The molecule has 1 aliphatic rings. The van der Waals surface area contributed by atoms with Crippen molar-refractivity contribution in [3.05, 3.63) is 90.0 Å². The van der Waals surface area contributed by atoms with E-state index in [9.17, 15) is 27.2 Å². The first-order valence-electron chi connectivity index (χ1n) is 13.4. The second-order valence-electron chi connectivity index (χ2n) is 10.1. The van der Waals surface area contributed by atoms with Crippen LogP contribution >= 0.6 is 11.8 Å². The van der Waals surface area contributed by atoms with Gasteiger partial charge in [-0.3, -0.25) is 9.69 Å². The van der Waals surface area contributed by atoms with E-state index in [1.54, 1.807) is 31.2 Å². The molecule has 1 unspecified atom stereocenters. The third-order valence-corrected chi connectivity index (χ3v) is 7.57. The van der Waals surface area contributed by atoms with Gasteiger partial charge in [0, 0.05) is 5.56 Å². The predicted molar refractivity (Wildman–Crippen MR) is 158 cm³/mol. The first kappa shape index (κ1) is 30.7. The largest absolute Gasteiger partial charge is 0.573 e. The van der Waals surface area contributed by atoms with E-state index in [2.05, 4.69) is 25.1 Å². The maximum Gasteiger partial charge on any atom is 0.573 e. The molecule has 1 N–H and O–H groups in total. The Morgan fingerprint density at radius 3 is 2.41 bits per heavy atom. The van der Waals surface area contributed by atoms with Crippen LogP contribution in [0.25, 0.3) is 17.1 Å². The van der Waals surface area contributed by atoms with E-state index in [0.717, 1.165) is 17.3 Å². The Hall–Kier alpha value is -4.72. The van der Waals surface area contributed by atoms with Crippen LogP contribution in [0.5, 0.6) is 5.75 Å². The Morgan fingerprint density at radius 2 is 1.75 bits per heavy atom. The van der Waals surface area contributed by atoms with Crippen molar-refractivity contribution in [3.63, 3.8) is 0 Å². The normalized spacial score (nSPS) is 15.2. The third-order valence-electron chi connectivity index (χ3n) is 6.65. The number of alkyl halides is 3. The summed E-state index contributed by atoms with van der Waals surface area (Å²) >= 11 is 1.14. The third kappa shape index (κ3) is 7.08. The average molecular weight is 627 g/mol. The maximum absolute atomic E-state index is 13.9. The van der Waals surface area contributed by atoms with Crippen molar-refractivity contribution in [1.29, 1.82) is 0 Å². The molecule has 3 aromatic carbocycles. The van der Waals surface area contributed by atoms with Crippen LogP contribution in [0.2, 0.25) is 0 Å². The fourth-order valence-corrected chi connectivity index (χ4v) is 5.36. The molecule has 0 bridgehead atoms. The molecule has 1 atom stereocenters. The number of ether oxygens (including phenoxy) is 1. The van der Waals surface area contributed by atoms with Crippen LogP contribution in [0.15, 0.2) is 78.0 Å². The zero-order chi connectivity index (χ0) is 31.6. The highest BCUT2D eigenvalue weighted by Crippen LogP contribution is 2.34. The number of urea groups is 1. The summed E-state index contributed by atoms with van der Waals surface area (Å²) in [5.41, 5.74) is 3.08. The Labute approximate surface area is 254 Å². The molecule has 1 saturated heterocycles. The first-order chi connectivity index (χ1) is 20.9.